The number of benzene rings is 2. The lowest BCUT2D eigenvalue weighted by Crippen LogP contribution is -2.59. The smallest absolute Gasteiger partial charge is 0.305 e. The van der Waals surface area contributed by atoms with Crippen LogP contribution in [-0.2, 0) is 65.6 Å². The van der Waals surface area contributed by atoms with Crippen LogP contribution in [0.2, 0.25) is 0 Å². The maximum atomic E-state index is 14.5. The fourth-order valence-electron chi connectivity index (χ4n) is 7.50. The first-order valence-corrected chi connectivity index (χ1v) is 25.1. The Balaban J connectivity index is 1.88. The number of carbonyl (C=O) groups is 11. The summed E-state index contributed by atoms with van der Waals surface area (Å²) in [5, 5.41) is 61.1. The number of unbranched alkanes of at least 4 members (excludes halogenated alkanes) is 1. The number of hydrogen-bond donors (Lipinski definition) is 19. The second-order valence-corrected chi connectivity index (χ2v) is 18.1. The maximum absolute atomic E-state index is 14.5. The van der Waals surface area contributed by atoms with Crippen LogP contribution in [0.1, 0.15) is 56.7 Å². The third kappa shape index (κ3) is 22.8. The van der Waals surface area contributed by atoms with Gasteiger partial charge >= 0.3 is 5.97 Å². The number of fused-ring (bicyclic) bond motifs is 1. The molecule has 0 spiro atoms. The molecule has 3 rings (SSSR count). The van der Waals surface area contributed by atoms with E-state index in [1.54, 1.807) is 30.3 Å². The summed E-state index contributed by atoms with van der Waals surface area (Å²) in [6.45, 7) is -1.04. The van der Waals surface area contributed by atoms with Crippen molar-refractivity contribution in [3.05, 3.63) is 65.9 Å². The van der Waals surface area contributed by atoms with Gasteiger partial charge in [-0.3, -0.25) is 58.1 Å². The van der Waals surface area contributed by atoms with E-state index in [4.69, 9.17) is 22.6 Å². The van der Waals surface area contributed by atoms with E-state index in [1.807, 2.05) is 5.32 Å². The Bertz CT molecular complexity index is 2570. The predicted molar refractivity (Wildman–Crippen MR) is 283 cm³/mol. The van der Waals surface area contributed by atoms with Crippen LogP contribution in [0.25, 0.3) is 10.9 Å². The maximum Gasteiger partial charge on any atom is 0.305 e. The number of aromatic amines is 1. The summed E-state index contributed by atoms with van der Waals surface area (Å²) in [6.07, 6.45) is -0.462. The second-order valence-electron chi connectivity index (χ2n) is 17.8. The number of hydrogen-bond acceptors (Lipinski definition) is 16. The minimum atomic E-state index is -1.79. The highest BCUT2D eigenvalue weighted by atomic mass is 32.1. The number of phenols is 1. The quantitative estimate of drug-likeness (QED) is 0.0115. The van der Waals surface area contributed by atoms with E-state index < -0.39 is 139 Å². The second kappa shape index (κ2) is 32.8. The van der Waals surface area contributed by atoms with Crippen molar-refractivity contribution < 1.29 is 68.1 Å². The summed E-state index contributed by atoms with van der Waals surface area (Å²) in [6, 6.07) is 4.57. The number of carboxylic acids is 1. The topological polar surface area (TPSA) is 486 Å². The zero-order valence-corrected chi connectivity index (χ0v) is 43.5. The summed E-state index contributed by atoms with van der Waals surface area (Å²) in [7, 11) is 0. The largest absolute Gasteiger partial charge is 0.508 e. The first kappa shape index (κ1) is 63.8. The number of aliphatic hydroxyl groups excluding tert-OH is 1. The van der Waals surface area contributed by atoms with Gasteiger partial charge < -0.3 is 90.7 Å². The number of aromatic nitrogens is 1. The van der Waals surface area contributed by atoms with Gasteiger partial charge in [-0.05, 0) is 73.9 Å². The molecule has 0 saturated carbocycles. The van der Waals surface area contributed by atoms with E-state index in [9.17, 15) is 68.1 Å². The number of rotatable bonds is 34. The number of para-hydroxylation sites is 1. The molecule has 0 fully saturated rings. The van der Waals surface area contributed by atoms with Gasteiger partial charge in [0.1, 0.15) is 48.0 Å². The molecule has 1 heterocycles. The van der Waals surface area contributed by atoms with E-state index in [2.05, 4.69) is 65.5 Å². The fraction of sp³-hybridized carbons (Fsp3) is 0.458. The molecule has 29 nitrogen and oxygen atoms in total. The van der Waals surface area contributed by atoms with Gasteiger partial charge in [-0.1, -0.05) is 30.3 Å². The number of aliphatic carboxylic acids is 1. The molecule has 0 aliphatic carbocycles. The monoisotopic (exact) mass is 1110 g/mol. The minimum Gasteiger partial charge on any atom is -0.508 e. The number of aliphatic hydroxyl groups is 1. The Morgan fingerprint density at radius 1 is 0.628 bits per heavy atom. The molecule has 0 aliphatic heterocycles. The number of carbonyl (C=O) groups excluding carboxylic acids is 10. The zero-order valence-electron chi connectivity index (χ0n) is 42.6. The molecule has 3 aromatic rings. The van der Waals surface area contributed by atoms with Gasteiger partial charge in [-0.25, -0.2) is 0 Å². The minimum absolute atomic E-state index is 0.0559. The van der Waals surface area contributed by atoms with Gasteiger partial charge in [0, 0.05) is 43.3 Å². The molecular formula is C48H69N15O14S. The summed E-state index contributed by atoms with van der Waals surface area (Å²) in [4.78, 5) is 147. The Labute approximate surface area is 452 Å². The van der Waals surface area contributed by atoms with Crippen LogP contribution < -0.4 is 70.4 Å². The molecule has 0 radical (unpaired) electrons. The average Bonchev–Trinajstić information content (AvgIpc) is 3.82. The van der Waals surface area contributed by atoms with Crippen LogP contribution in [-0.4, -0.2) is 172 Å². The predicted octanol–water partition coefficient (Wildman–Crippen LogP) is -5.42. The molecule has 0 saturated heterocycles. The van der Waals surface area contributed by atoms with Crippen LogP contribution >= 0.6 is 12.6 Å². The van der Waals surface area contributed by atoms with Gasteiger partial charge in [0.15, 0.2) is 5.96 Å². The Hall–Kier alpha value is -8.51. The summed E-state index contributed by atoms with van der Waals surface area (Å²) < 4.78 is 0. The van der Waals surface area contributed by atoms with Crippen LogP contribution in [0.4, 0.5) is 0 Å². The van der Waals surface area contributed by atoms with Crippen molar-refractivity contribution in [2.75, 3.05) is 38.5 Å². The molecule has 1 aromatic heterocycles. The van der Waals surface area contributed by atoms with Crippen molar-refractivity contribution in [2.24, 2.45) is 17.2 Å². The Morgan fingerprint density at radius 2 is 1.15 bits per heavy atom. The molecule has 21 N–H and O–H groups in total. The third-order valence-corrected chi connectivity index (χ3v) is 11.8. The third-order valence-electron chi connectivity index (χ3n) is 11.5. The van der Waals surface area contributed by atoms with Gasteiger partial charge in [0.25, 0.3) is 0 Å². The van der Waals surface area contributed by atoms with Crippen molar-refractivity contribution >= 4 is 94.5 Å². The number of guanidine groups is 1. The standard InChI is InChI=1S/C48H69N15O14S/c1-25(65)56-37(24-78)47(77)60-32(9-4-5-15-49)44(74)61-33(17-26-11-13-29(66)14-12-26)45(75)62-34(19-28-18-27-7-2-3-8-30(27)57-28)43(73)55-21-38(67)58-31(10-6-16-53-48(51)52)42(72)54-22-39(68)59-35(20-40(69)70)46(76)63-36(23-64)41(50)71/h2-3,7-8,11-14,18,31-37,57,64,66,78H,4-6,9-10,15-17,19-24,49H2,1H3,(H2,50,71)(H,54,72)(H,55,73)(H,56,65)(H,58,67)(H,59,68)(H,60,77)(H,61,74)(H,62,75)(H,63,76)(H,69,70)(H4,51,52,53)/t31-,32-,33+,34-,35-,36+,37+/m0/s1. The van der Waals surface area contributed by atoms with E-state index >= 15 is 0 Å². The molecule has 0 aliphatic rings. The average molecular weight is 1110 g/mol. The normalized spacial score (nSPS) is 13.5. The molecular weight excluding hydrogens is 1040 g/mol. The lowest BCUT2D eigenvalue weighted by molar-refractivity contribution is -0.141. The molecule has 78 heavy (non-hydrogen) atoms. The van der Waals surface area contributed by atoms with Gasteiger partial charge in [-0.15, -0.1) is 0 Å². The number of thiol groups is 1. The zero-order chi connectivity index (χ0) is 57.9. The van der Waals surface area contributed by atoms with Crippen LogP contribution in [0.3, 0.4) is 0 Å². The van der Waals surface area contributed by atoms with Gasteiger partial charge in [-0.2, -0.15) is 12.6 Å². The van der Waals surface area contributed by atoms with Crippen molar-refractivity contribution in [3.63, 3.8) is 0 Å². The van der Waals surface area contributed by atoms with Crippen molar-refractivity contribution in [1.82, 2.24) is 58.2 Å². The fourth-order valence-corrected chi connectivity index (χ4v) is 7.76. The Kier molecular flexibility index (Phi) is 26.8. The highest BCUT2D eigenvalue weighted by Gasteiger charge is 2.33. The number of aromatic hydroxyl groups is 1. The summed E-state index contributed by atoms with van der Waals surface area (Å²) >= 11 is 4.15. The van der Waals surface area contributed by atoms with Crippen LogP contribution in [0.5, 0.6) is 5.75 Å². The first-order valence-electron chi connectivity index (χ1n) is 24.5. The number of amides is 10. The van der Waals surface area contributed by atoms with Crippen molar-refractivity contribution in [1.29, 1.82) is 5.41 Å². The molecule has 30 heteroatoms. The summed E-state index contributed by atoms with van der Waals surface area (Å²) in [5.41, 5.74) is 17.8. The summed E-state index contributed by atoms with van der Waals surface area (Å²) in [5.74, 6) is -11.3. The SMILES string of the molecule is CC(=O)N[C@H](CS)C(=O)N[C@@H](CCCCN)C(=O)N[C@H](Cc1ccc(O)cc1)C(=O)N[C@@H](Cc1cc2ccccc2[nH]1)C(=O)NCC(=O)N[C@@H](CCCNC(=N)N)C(=O)NCC(=O)N[C@@H](CC(=O)O)C(=O)N[C@H](CO)C(N)=O. The molecule has 426 valence electrons. The molecule has 0 bridgehead atoms. The lowest BCUT2D eigenvalue weighted by Gasteiger charge is -2.26. The number of primary amides is 1. The number of phenolic OH excluding ortho intramolecular Hbond substituents is 1. The van der Waals surface area contributed by atoms with E-state index in [-0.39, 0.29) is 56.7 Å². The van der Waals surface area contributed by atoms with E-state index in [0.717, 1.165) is 5.39 Å². The van der Waals surface area contributed by atoms with Crippen LogP contribution in [0.15, 0.2) is 54.6 Å². The number of nitrogens with two attached hydrogens (primary N) is 3. The highest BCUT2D eigenvalue weighted by molar-refractivity contribution is 7.80. The Morgan fingerprint density at radius 3 is 1.72 bits per heavy atom. The molecule has 7 atom stereocenters. The molecule has 2 aromatic carbocycles. The first-order chi connectivity index (χ1) is 37.0. The lowest BCUT2D eigenvalue weighted by atomic mass is 10.0. The molecule has 10 amide bonds. The van der Waals surface area contributed by atoms with Crippen molar-refractivity contribution in [3.8, 4) is 5.75 Å². The number of carboxylic acid groups (broad SMARTS) is 1. The van der Waals surface area contributed by atoms with Crippen molar-refractivity contribution in [2.45, 2.75) is 101 Å². The van der Waals surface area contributed by atoms with E-state index in [1.165, 1.54) is 31.2 Å². The van der Waals surface area contributed by atoms with Gasteiger partial charge in [0.05, 0.1) is 26.1 Å². The van der Waals surface area contributed by atoms with Crippen LogP contribution in [0, 0.1) is 5.41 Å². The number of H-pyrrole nitrogens is 1. The molecule has 0 unspecified atom stereocenters. The van der Waals surface area contributed by atoms with E-state index in [0.29, 0.717) is 29.6 Å². The number of nitrogens with one attached hydrogen (secondary N) is 12. The van der Waals surface area contributed by atoms with Gasteiger partial charge in [0.2, 0.25) is 59.1 Å². The highest BCUT2D eigenvalue weighted by Crippen LogP contribution is 2.17.